The molecule has 0 aliphatic carbocycles. The zero-order chi connectivity index (χ0) is 9.84. The Kier molecular flexibility index (Phi) is 3.08. The summed E-state index contributed by atoms with van der Waals surface area (Å²) in [6, 6.07) is 3.97. The molecule has 1 rings (SSSR count). The van der Waals surface area contributed by atoms with Gasteiger partial charge in [0.25, 0.3) is 0 Å². The first-order chi connectivity index (χ1) is 6.19. The summed E-state index contributed by atoms with van der Waals surface area (Å²) in [5.74, 6) is -0.123. The molecule has 0 fully saturated rings. The van der Waals surface area contributed by atoms with Crippen LogP contribution in [0.25, 0.3) is 0 Å². The number of methoxy groups -OCH3 is 1. The maximum Gasteiger partial charge on any atom is 0.178 e. The van der Waals surface area contributed by atoms with Crippen LogP contribution in [-0.2, 0) is 0 Å². The first-order valence-corrected chi connectivity index (χ1v) is 3.78. The molecule has 0 unspecified atom stereocenters. The van der Waals surface area contributed by atoms with Gasteiger partial charge in [0.2, 0.25) is 0 Å². The van der Waals surface area contributed by atoms with Gasteiger partial charge in [-0.25, -0.2) is 4.39 Å². The Labute approximate surface area is 79.4 Å². The Hall–Kier alpha value is -1.29. The Bertz CT molecular complexity index is 341. The number of rotatable bonds is 2. The molecule has 1 aromatic rings. The molecule has 0 radical (unpaired) electrons. The van der Waals surface area contributed by atoms with Crippen molar-refractivity contribution in [2.45, 2.75) is 0 Å². The van der Waals surface area contributed by atoms with Crippen LogP contribution in [0.15, 0.2) is 23.4 Å². The van der Waals surface area contributed by atoms with Gasteiger partial charge in [-0.2, -0.15) is 0 Å². The lowest BCUT2D eigenvalue weighted by Gasteiger charge is -2.02. The standard InChI is InChI=1S/C8H7ClFNO2/c1-13-5-2-3-7(10)6(4-5)8(9)11-12/h2-4,12H,1H3. The van der Waals surface area contributed by atoms with Crippen LogP contribution in [0.3, 0.4) is 0 Å². The number of oxime groups is 1. The zero-order valence-electron chi connectivity index (χ0n) is 6.79. The van der Waals surface area contributed by atoms with Gasteiger partial charge in [0.1, 0.15) is 11.6 Å². The molecule has 0 aliphatic heterocycles. The number of halogens is 2. The van der Waals surface area contributed by atoms with E-state index in [1.54, 1.807) is 0 Å². The lowest BCUT2D eigenvalue weighted by molar-refractivity contribution is 0.320. The molecule has 13 heavy (non-hydrogen) atoms. The van der Waals surface area contributed by atoms with E-state index in [1.165, 1.54) is 25.3 Å². The quantitative estimate of drug-likeness (QED) is 0.455. The fourth-order valence-corrected chi connectivity index (χ4v) is 0.988. The van der Waals surface area contributed by atoms with Crippen LogP contribution < -0.4 is 4.74 Å². The Morgan fingerprint density at radius 2 is 2.31 bits per heavy atom. The normalized spacial score (nSPS) is 11.5. The minimum Gasteiger partial charge on any atom is -0.497 e. The highest BCUT2D eigenvalue weighted by molar-refractivity contribution is 6.69. The number of nitrogens with zero attached hydrogens (tertiary/aromatic N) is 1. The molecule has 0 aliphatic rings. The van der Waals surface area contributed by atoms with E-state index in [4.69, 9.17) is 21.5 Å². The molecule has 0 saturated carbocycles. The van der Waals surface area contributed by atoms with E-state index in [9.17, 15) is 4.39 Å². The number of hydrogen-bond acceptors (Lipinski definition) is 3. The van der Waals surface area contributed by atoms with Crippen molar-refractivity contribution in [1.29, 1.82) is 0 Å². The molecule has 0 spiro atoms. The SMILES string of the molecule is COc1ccc(F)c(C(Cl)=NO)c1. The molecule has 1 aromatic carbocycles. The van der Waals surface area contributed by atoms with Crippen LogP contribution in [0.2, 0.25) is 0 Å². The van der Waals surface area contributed by atoms with E-state index in [-0.39, 0.29) is 10.7 Å². The Morgan fingerprint density at radius 3 is 2.85 bits per heavy atom. The highest BCUT2D eigenvalue weighted by Gasteiger charge is 2.08. The van der Waals surface area contributed by atoms with Crippen LogP contribution in [0, 0.1) is 5.82 Å². The van der Waals surface area contributed by atoms with Crippen molar-refractivity contribution in [3.63, 3.8) is 0 Å². The van der Waals surface area contributed by atoms with Gasteiger partial charge in [0, 0.05) is 0 Å². The second-order valence-corrected chi connectivity index (χ2v) is 2.59. The van der Waals surface area contributed by atoms with E-state index in [2.05, 4.69) is 5.16 Å². The van der Waals surface area contributed by atoms with Gasteiger partial charge in [-0.15, -0.1) is 0 Å². The average Bonchev–Trinajstić information content (AvgIpc) is 2.17. The maximum atomic E-state index is 13.0. The van der Waals surface area contributed by atoms with Crippen LogP contribution in [-0.4, -0.2) is 17.5 Å². The van der Waals surface area contributed by atoms with Crippen molar-refractivity contribution in [3.05, 3.63) is 29.6 Å². The second kappa shape index (κ2) is 4.09. The summed E-state index contributed by atoms with van der Waals surface area (Å²) < 4.78 is 17.9. The van der Waals surface area contributed by atoms with Crippen LogP contribution in [0.4, 0.5) is 4.39 Å². The summed E-state index contributed by atoms with van der Waals surface area (Å²) in [6.07, 6.45) is 0. The number of ether oxygens (including phenoxy) is 1. The molecule has 0 saturated heterocycles. The average molecular weight is 204 g/mol. The van der Waals surface area contributed by atoms with Gasteiger partial charge < -0.3 is 9.94 Å². The number of benzene rings is 1. The van der Waals surface area contributed by atoms with Crippen molar-refractivity contribution >= 4 is 16.8 Å². The number of hydrogen-bond donors (Lipinski definition) is 1. The first kappa shape index (κ1) is 9.80. The van der Waals surface area contributed by atoms with Gasteiger partial charge in [-0.1, -0.05) is 16.8 Å². The van der Waals surface area contributed by atoms with E-state index < -0.39 is 5.82 Å². The molecule has 0 amide bonds. The van der Waals surface area contributed by atoms with Crippen LogP contribution >= 0.6 is 11.6 Å². The zero-order valence-corrected chi connectivity index (χ0v) is 7.55. The van der Waals surface area contributed by atoms with Crippen molar-refractivity contribution in [2.75, 3.05) is 7.11 Å². The topological polar surface area (TPSA) is 41.8 Å². The molecule has 0 atom stereocenters. The van der Waals surface area contributed by atoms with Gasteiger partial charge in [-0.3, -0.25) is 0 Å². The molecule has 0 bridgehead atoms. The van der Waals surface area contributed by atoms with Crippen LogP contribution in [0.1, 0.15) is 5.56 Å². The minimum atomic E-state index is -0.566. The summed E-state index contributed by atoms with van der Waals surface area (Å²) in [5.41, 5.74) is 0.00326. The van der Waals surface area contributed by atoms with Gasteiger partial charge >= 0.3 is 0 Å². The third kappa shape index (κ3) is 2.09. The van der Waals surface area contributed by atoms with E-state index in [0.717, 1.165) is 0 Å². The summed E-state index contributed by atoms with van der Waals surface area (Å²) in [7, 11) is 1.45. The molecule has 70 valence electrons. The second-order valence-electron chi connectivity index (χ2n) is 2.24. The minimum absolute atomic E-state index is 0.00326. The smallest absolute Gasteiger partial charge is 0.178 e. The summed E-state index contributed by atoms with van der Waals surface area (Å²) >= 11 is 5.43. The van der Waals surface area contributed by atoms with Crippen molar-refractivity contribution in [2.24, 2.45) is 5.16 Å². The van der Waals surface area contributed by atoms with Crippen molar-refractivity contribution in [3.8, 4) is 5.75 Å². The van der Waals surface area contributed by atoms with E-state index in [1.807, 2.05) is 0 Å². The molecule has 0 heterocycles. The summed E-state index contributed by atoms with van der Waals surface area (Å²) in [5, 5.41) is 10.7. The highest BCUT2D eigenvalue weighted by Crippen LogP contribution is 2.18. The van der Waals surface area contributed by atoms with Crippen molar-refractivity contribution in [1.82, 2.24) is 0 Å². The predicted molar refractivity (Wildman–Crippen MR) is 47.1 cm³/mol. The molecular weight excluding hydrogens is 197 g/mol. The third-order valence-electron chi connectivity index (χ3n) is 1.48. The van der Waals surface area contributed by atoms with Gasteiger partial charge in [-0.05, 0) is 18.2 Å². The third-order valence-corrected chi connectivity index (χ3v) is 1.76. The molecular formula is C8H7ClFNO2. The molecule has 0 aromatic heterocycles. The lowest BCUT2D eigenvalue weighted by atomic mass is 10.2. The highest BCUT2D eigenvalue weighted by atomic mass is 35.5. The predicted octanol–water partition coefficient (Wildman–Crippen LogP) is 2.21. The monoisotopic (exact) mass is 203 g/mol. The van der Waals surface area contributed by atoms with E-state index >= 15 is 0 Å². The van der Waals surface area contributed by atoms with Gasteiger partial charge in [0.15, 0.2) is 5.17 Å². The Morgan fingerprint density at radius 1 is 1.62 bits per heavy atom. The molecule has 5 heteroatoms. The summed E-state index contributed by atoms with van der Waals surface area (Å²) in [4.78, 5) is 0. The lowest BCUT2D eigenvalue weighted by Crippen LogP contribution is -1.97. The van der Waals surface area contributed by atoms with E-state index in [0.29, 0.717) is 5.75 Å². The first-order valence-electron chi connectivity index (χ1n) is 3.40. The van der Waals surface area contributed by atoms with Crippen LogP contribution in [0.5, 0.6) is 5.75 Å². The molecule has 1 N–H and O–H groups in total. The maximum absolute atomic E-state index is 13.0. The summed E-state index contributed by atoms with van der Waals surface area (Å²) in [6.45, 7) is 0. The fourth-order valence-electron chi connectivity index (χ4n) is 0.843. The fraction of sp³-hybridized carbons (Fsp3) is 0.125. The van der Waals surface area contributed by atoms with Crippen molar-refractivity contribution < 1.29 is 14.3 Å². The molecule has 3 nitrogen and oxygen atoms in total. The Balaban J connectivity index is 3.19. The largest absolute Gasteiger partial charge is 0.497 e. The van der Waals surface area contributed by atoms with Gasteiger partial charge in [0.05, 0.1) is 12.7 Å².